The zero-order valence-corrected chi connectivity index (χ0v) is 27.3. The molecule has 5 aliphatic heterocycles. The van der Waals surface area contributed by atoms with Gasteiger partial charge in [0.05, 0.1) is 49.9 Å². The van der Waals surface area contributed by atoms with Crippen molar-refractivity contribution in [2.75, 3.05) is 75.9 Å². The highest BCUT2D eigenvalue weighted by molar-refractivity contribution is 5.76. The lowest BCUT2D eigenvalue weighted by molar-refractivity contribution is -0.119. The van der Waals surface area contributed by atoms with Gasteiger partial charge in [0.1, 0.15) is 23.7 Å². The van der Waals surface area contributed by atoms with Gasteiger partial charge in [-0.3, -0.25) is 9.58 Å². The number of rotatable bonds is 7. The SMILES string of the molecule is COC[C@H]1COC2(CN(c3cc4c(c(C(F)F)n3)C=CC[C@H]3[C@H](N5CCN(C(=O)OCc6ccccc6)CC5)CN43)C2)c2c(C)cnn21. The highest BCUT2D eigenvalue weighted by Crippen LogP contribution is 2.47. The quantitative estimate of drug-likeness (QED) is 0.366. The summed E-state index contributed by atoms with van der Waals surface area (Å²) in [5.74, 6) is 0.543. The summed E-state index contributed by atoms with van der Waals surface area (Å²) >= 11 is 0. The van der Waals surface area contributed by atoms with Crippen molar-refractivity contribution in [1.82, 2.24) is 24.6 Å². The Bertz CT molecular complexity index is 1690. The summed E-state index contributed by atoms with van der Waals surface area (Å²) in [6.07, 6.45) is 3.45. The molecule has 1 amide bonds. The number of carbonyl (C=O) groups is 1. The first kappa shape index (κ1) is 31.2. The number of halogens is 2. The van der Waals surface area contributed by atoms with Crippen molar-refractivity contribution in [3.05, 3.63) is 76.7 Å². The van der Waals surface area contributed by atoms with Crippen LogP contribution in [0.25, 0.3) is 6.08 Å². The van der Waals surface area contributed by atoms with Gasteiger partial charge in [0.15, 0.2) is 0 Å². The topological polar surface area (TPSA) is 88.4 Å². The van der Waals surface area contributed by atoms with Crippen molar-refractivity contribution in [2.24, 2.45) is 0 Å². The summed E-state index contributed by atoms with van der Waals surface area (Å²) in [5, 5.41) is 4.62. The van der Waals surface area contributed by atoms with E-state index in [1.807, 2.05) is 71.3 Å². The smallest absolute Gasteiger partial charge is 0.410 e. The molecular formula is C35H41F2N7O4. The normalized spacial score (nSPS) is 24.4. The molecule has 3 saturated heterocycles. The van der Waals surface area contributed by atoms with E-state index in [1.54, 1.807) is 12.0 Å². The molecule has 7 heterocycles. The number of alkyl halides is 2. The number of anilines is 2. The minimum Gasteiger partial charge on any atom is -0.445 e. The van der Waals surface area contributed by atoms with Crippen molar-refractivity contribution in [3.8, 4) is 0 Å². The Labute approximate surface area is 278 Å². The van der Waals surface area contributed by atoms with Gasteiger partial charge in [-0.25, -0.2) is 18.6 Å². The van der Waals surface area contributed by atoms with Gasteiger partial charge in [0.2, 0.25) is 0 Å². The van der Waals surface area contributed by atoms with Crippen LogP contribution in [0.15, 0.2) is 48.7 Å². The van der Waals surface area contributed by atoms with Crippen molar-refractivity contribution in [2.45, 2.75) is 50.1 Å². The lowest BCUT2D eigenvalue weighted by Gasteiger charge is -2.55. The fraction of sp³-hybridized carbons (Fsp3) is 0.514. The fourth-order valence-electron chi connectivity index (χ4n) is 8.08. The van der Waals surface area contributed by atoms with Crippen LogP contribution in [0, 0.1) is 6.92 Å². The molecule has 1 aromatic carbocycles. The first-order chi connectivity index (χ1) is 23.3. The van der Waals surface area contributed by atoms with Gasteiger partial charge in [-0.1, -0.05) is 42.5 Å². The Morgan fingerprint density at radius 2 is 1.92 bits per heavy atom. The third kappa shape index (κ3) is 5.32. The molecule has 48 heavy (non-hydrogen) atoms. The molecule has 0 radical (unpaired) electrons. The minimum absolute atomic E-state index is 0.00560. The Balaban J connectivity index is 0.954. The average molecular weight is 662 g/mol. The van der Waals surface area contributed by atoms with Crippen molar-refractivity contribution in [1.29, 1.82) is 0 Å². The van der Waals surface area contributed by atoms with E-state index in [1.165, 1.54) is 0 Å². The van der Waals surface area contributed by atoms with Crippen LogP contribution >= 0.6 is 0 Å². The minimum atomic E-state index is -2.70. The van der Waals surface area contributed by atoms with Crippen LogP contribution in [0.1, 0.15) is 47.0 Å². The first-order valence-electron chi connectivity index (χ1n) is 16.7. The number of piperazine rings is 1. The number of nitrogens with zero attached hydrogens (tertiary/aromatic N) is 7. The Hall–Kier alpha value is -4.07. The van der Waals surface area contributed by atoms with Crippen LogP contribution in [0.5, 0.6) is 0 Å². The van der Waals surface area contributed by atoms with E-state index in [2.05, 4.69) is 19.9 Å². The molecule has 3 aromatic rings. The van der Waals surface area contributed by atoms with Crippen molar-refractivity contribution < 1.29 is 27.8 Å². The number of carbonyl (C=O) groups excluding carboxylic acids is 1. The number of hydrogen-bond acceptors (Lipinski definition) is 9. The first-order valence-corrected chi connectivity index (χ1v) is 16.7. The highest BCUT2D eigenvalue weighted by atomic mass is 19.3. The van der Waals surface area contributed by atoms with E-state index in [-0.39, 0.29) is 36.5 Å². The monoisotopic (exact) mass is 661 g/mol. The number of amides is 1. The van der Waals surface area contributed by atoms with Gasteiger partial charge in [0, 0.05) is 63.5 Å². The number of methoxy groups -OCH3 is 1. The molecule has 1 spiro atoms. The summed E-state index contributed by atoms with van der Waals surface area (Å²) in [7, 11) is 1.67. The molecule has 3 atom stereocenters. The largest absolute Gasteiger partial charge is 0.445 e. The Morgan fingerprint density at radius 3 is 2.67 bits per heavy atom. The van der Waals surface area contributed by atoms with E-state index in [4.69, 9.17) is 14.2 Å². The maximum absolute atomic E-state index is 14.6. The van der Waals surface area contributed by atoms with E-state index in [0.717, 1.165) is 48.6 Å². The standard InChI is InChI=1S/C35H41F2N7O4/c1-23-16-38-44-25(19-46-2)20-48-35(32(23)44)21-42(22-35)30-15-28-26(31(39-30)33(36)37)9-6-10-27-29(17-43(27)28)40-11-13-41(14-12-40)34(45)47-18-24-7-4-3-5-8-24/h3-9,15-16,25,27,29,33H,10-14,17-22H2,1-2H3/t25-,27-,29+/m0/s1. The molecule has 254 valence electrons. The molecule has 11 nitrogen and oxygen atoms in total. The zero-order valence-electron chi connectivity index (χ0n) is 27.3. The van der Waals surface area contributed by atoms with E-state index in [9.17, 15) is 13.6 Å². The highest BCUT2D eigenvalue weighted by Gasteiger charge is 2.53. The lowest BCUT2D eigenvalue weighted by atomic mass is 9.86. The van der Waals surface area contributed by atoms with E-state index >= 15 is 0 Å². The molecule has 0 N–H and O–H groups in total. The summed E-state index contributed by atoms with van der Waals surface area (Å²) < 4.78 is 48.5. The van der Waals surface area contributed by atoms with Gasteiger partial charge in [0.25, 0.3) is 6.43 Å². The van der Waals surface area contributed by atoms with E-state index < -0.39 is 12.0 Å². The lowest BCUT2D eigenvalue weighted by Crippen LogP contribution is -2.69. The summed E-state index contributed by atoms with van der Waals surface area (Å²) in [5.41, 5.74) is 3.59. The van der Waals surface area contributed by atoms with Crippen LogP contribution < -0.4 is 9.80 Å². The summed E-state index contributed by atoms with van der Waals surface area (Å²) in [6.45, 7) is 7.68. The van der Waals surface area contributed by atoms with E-state index in [0.29, 0.717) is 50.8 Å². The maximum atomic E-state index is 14.6. The second kappa shape index (κ2) is 12.4. The van der Waals surface area contributed by atoms with Crippen LogP contribution in [0.4, 0.5) is 25.1 Å². The predicted molar refractivity (Wildman–Crippen MR) is 175 cm³/mol. The van der Waals surface area contributed by atoms with Crippen molar-refractivity contribution >= 4 is 23.7 Å². The molecule has 0 aliphatic carbocycles. The second-order valence-corrected chi connectivity index (χ2v) is 13.5. The second-order valence-electron chi connectivity index (χ2n) is 13.5. The molecule has 0 saturated carbocycles. The van der Waals surface area contributed by atoms with Crippen LogP contribution in [-0.2, 0) is 26.4 Å². The van der Waals surface area contributed by atoms with Gasteiger partial charge in [-0.2, -0.15) is 5.10 Å². The number of fused-ring (bicyclic) bond motifs is 5. The number of pyridine rings is 1. The zero-order chi connectivity index (χ0) is 33.0. The van der Waals surface area contributed by atoms with Crippen LogP contribution in [-0.4, -0.2) is 109 Å². The third-order valence-electron chi connectivity index (χ3n) is 10.6. The Kier molecular flexibility index (Phi) is 8.08. The molecule has 8 rings (SSSR count). The van der Waals surface area contributed by atoms with Crippen LogP contribution in [0.2, 0.25) is 0 Å². The van der Waals surface area contributed by atoms with Crippen LogP contribution in [0.3, 0.4) is 0 Å². The average Bonchev–Trinajstić information content (AvgIpc) is 3.41. The fourth-order valence-corrected chi connectivity index (χ4v) is 8.08. The molecule has 13 heteroatoms. The number of aryl methyl sites for hydroxylation is 1. The third-order valence-corrected chi connectivity index (χ3v) is 10.6. The number of hydrogen-bond donors (Lipinski definition) is 0. The number of aromatic nitrogens is 3. The predicted octanol–water partition coefficient (Wildman–Crippen LogP) is 4.39. The molecule has 0 bridgehead atoms. The molecular weight excluding hydrogens is 620 g/mol. The van der Waals surface area contributed by atoms with Gasteiger partial charge in [-0.05, 0) is 24.5 Å². The summed E-state index contributed by atoms with van der Waals surface area (Å²) in [6, 6.07) is 12.1. The number of ether oxygens (including phenoxy) is 3. The van der Waals surface area contributed by atoms with Crippen molar-refractivity contribution in [3.63, 3.8) is 0 Å². The van der Waals surface area contributed by atoms with Gasteiger partial charge in [-0.15, -0.1) is 0 Å². The molecule has 3 fully saturated rings. The summed E-state index contributed by atoms with van der Waals surface area (Å²) in [4.78, 5) is 25.8. The Morgan fingerprint density at radius 1 is 1.12 bits per heavy atom. The molecule has 2 aromatic heterocycles. The molecule has 0 unspecified atom stereocenters. The van der Waals surface area contributed by atoms with Gasteiger partial charge >= 0.3 is 6.09 Å². The molecule has 5 aliphatic rings. The number of benzene rings is 1. The maximum Gasteiger partial charge on any atom is 0.410 e. The van der Waals surface area contributed by atoms with Gasteiger partial charge < -0.3 is 28.9 Å².